The van der Waals surface area contributed by atoms with Crippen molar-refractivity contribution in [1.29, 1.82) is 0 Å². The van der Waals surface area contributed by atoms with Gasteiger partial charge in [0.2, 0.25) is 0 Å². The standard InChI is InChI=1S/C12H16O4/c1-3-10(13)9-6-4-5-7-11(9)16-8(2)12(14)15/h4-8,10,13H,3H2,1-2H3,(H,14,15). The fourth-order valence-corrected chi connectivity index (χ4v) is 1.32. The maximum atomic E-state index is 10.7. The predicted molar refractivity (Wildman–Crippen MR) is 59.4 cm³/mol. The van der Waals surface area contributed by atoms with Crippen molar-refractivity contribution >= 4 is 5.97 Å². The normalized spacial score (nSPS) is 14.2. The maximum Gasteiger partial charge on any atom is 0.344 e. The van der Waals surface area contributed by atoms with Gasteiger partial charge < -0.3 is 14.9 Å². The second-order valence-corrected chi connectivity index (χ2v) is 3.56. The van der Waals surface area contributed by atoms with E-state index in [1.54, 1.807) is 24.3 Å². The molecule has 0 aliphatic heterocycles. The van der Waals surface area contributed by atoms with Crippen LogP contribution in [0.4, 0.5) is 0 Å². The van der Waals surface area contributed by atoms with Crippen molar-refractivity contribution in [3.63, 3.8) is 0 Å². The Morgan fingerprint density at radius 3 is 2.62 bits per heavy atom. The van der Waals surface area contributed by atoms with Gasteiger partial charge in [-0.15, -0.1) is 0 Å². The molecule has 16 heavy (non-hydrogen) atoms. The van der Waals surface area contributed by atoms with Crippen LogP contribution < -0.4 is 4.74 Å². The number of hydrogen-bond donors (Lipinski definition) is 2. The first-order chi connectivity index (χ1) is 7.56. The molecule has 0 amide bonds. The minimum absolute atomic E-state index is 0.423. The number of para-hydroxylation sites is 1. The lowest BCUT2D eigenvalue weighted by Gasteiger charge is -2.16. The quantitative estimate of drug-likeness (QED) is 0.802. The molecule has 0 aliphatic carbocycles. The topological polar surface area (TPSA) is 66.8 Å². The van der Waals surface area contributed by atoms with Crippen molar-refractivity contribution in [3.8, 4) is 5.75 Å². The number of aliphatic carboxylic acids is 1. The van der Waals surface area contributed by atoms with Crippen LogP contribution in [0.1, 0.15) is 31.9 Å². The molecule has 0 spiro atoms. The molecule has 2 unspecified atom stereocenters. The molecule has 1 aromatic carbocycles. The van der Waals surface area contributed by atoms with Gasteiger partial charge in [0.15, 0.2) is 6.10 Å². The summed E-state index contributed by atoms with van der Waals surface area (Å²) in [5, 5.41) is 18.5. The van der Waals surface area contributed by atoms with Gasteiger partial charge in [-0.1, -0.05) is 25.1 Å². The van der Waals surface area contributed by atoms with Crippen LogP contribution in [0.3, 0.4) is 0 Å². The van der Waals surface area contributed by atoms with E-state index in [0.29, 0.717) is 17.7 Å². The summed E-state index contributed by atoms with van der Waals surface area (Å²) in [7, 11) is 0. The van der Waals surface area contributed by atoms with Crippen LogP contribution in [0, 0.1) is 0 Å². The maximum absolute atomic E-state index is 10.7. The number of carboxylic acids is 1. The van der Waals surface area contributed by atoms with E-state index in [2.05, 4.69) is 0 Å². The van der Waals surface area contributed by atoms with Gasteiger partial charge in [-0.2, -0.15) is 0 Å². The minimum atomic E-state index is -1.03. The molecule has 1 rings (SSSR count). The van der Waals surface area contributed by atoms with Gasteiger partial charge in [-0.25, -0.2) is 4.79 Å². The highest BCUT2D eigenvalue weighted by Gasteiger charge is 2.17. The van der Waals surface area contributed by atoms with Gasteiger partial charge in [-0.05, 0) is 19.4 Å². The Morgan fingerprint density at radius 2 is 2.06 bits per heavy atom. The Morgan fingerprint density at radius 1 is 1.44 bits per heavy atom. The molecule has 0 radical (unpaired) electrons. The van der Waals surface area contributed by atoms with Gasteiger partial charge in [0, 0.05) is 5.56 Å². The van der Waals surface area contributed by atoms with Gasteiger partial charge in [0.1, 0.15) is 5.75 Å². The summed E-state index contributed by atoms with van der Waals surface area (Å²) in [5.41, 5.74) is 0.623. The lowest BCUT2D eigenvalue weighted by Crippen LogP contribution is -2.23. The molecular weight excluding hydrogens is 208 g/mol. The van der Waals surface area contributed by atoms with Crippen molar-refractivity contribution < 1.29 is 19.7 Å². The van der Waals surface area contributed by atoms with E-state index in [1.807, 2.05) is 6.92 Å². The molecular formula is C12H16O4. The molecule has 0 saturated carbocycles. The zero-order chi connectivity index (χ0) is 12.1. The van der Waals surface area contributed by atoms with E-state index in [0.717, 1.165) is 0 Å². The first-order valence-corrected chi connectivity index (χ1v) is 5.22. The summed E-state index contributed by atoms with van der Waals surface area (Å²) < 4.78 is 5.27. The smallest absolute Gasteiger partial charge is 0.344 e. The molecule has 4 heteroatoms. The molecule has 2 N–H and O–H groups in total. The second kappa shape index (κ2) is 5.51. The van der Waals surface area contributed by atoms with E-state index in [4.69, 9.17) is 9.84 Å². The SMILES string of the molecule is CCC(O)c1ccccc1OC(C)C(=O)O. The van der Waals surface area contributed by atoms with Gasteiger partial charge >= 0.3 is 5.97 Å². The van der Waals surface area contributed by atoms with Crippen LogP contribution in [0.25, 0.3) is 0 Å². The van der Waals surface area contributed by atoms with Gasteiger partial charge in [0.25, 0.3) is 0 Å². The third kappa shape index (κ3) is 2.97. The predicted octanol–water partition coefficient (Wildman–Crippen LogP) is 1.98. The highest BCUT2D eigenvalue weighted by Crippen LogP contribution is 2.27. The van der Waals surface area contributed by atoms with E-state index in [1.165, 1.54) is 6.92 Å². The van der Waals surface area contributed by atoms with E-state index >= 15 is 0 Å². The first kappa shape index (κ1) is 12.5. The molecule has 4 nitrogen and oxygen atoms in total. The van der Waals surface area contributed by atoms with E-state index in [-0.39, 0.29) is 0 Å². The molecule has 0 bridgehead atoms. The molecule has 0 aliphatic rings. The Labute approximate surface area is 94.5 Å². The average Bonchev–Trinajstić information content (AvgIpc) is 2.28. The summed E-state index contributed by atoms with van der Waals surface area (Å²) in [4.78, 5) is 10.7. The Bertz CT molecular complexity index is 362. The number of hydrogen-bond acceptors (Lipinski definition) is 3. The van der Waals surface area contributed by atoms with Crippen LogP contribution in [0.2, 0.25) is 0 Å². The van der Waals surface area contributed by atoms with Gasteiger partial charge in [-0.3, -0.25) is 0 Å². The summed E-state index contributed by atoms with van der Waals surface area (Å²) >= 11 is 0. The third-order valence-electron chi connectivity index (χ3n) is 2.32. The zero-order valence-electron chi connectivity index (χ0n) is 9.38. The fourth-order valence-electron chi connectivity index (χ4n) is 1.32. The molecule has 2 atom stereocenters. The summed E-state index contributed by atoms with van der Waals surface area (Å²) in [5.74, 6) is -0.604. The molecule has 1 aromatic rings. The molecule has 0 fully saturated rings. The van der Waals surface area contributed by atoms with Crippen LogP contribution in [0.15, 0.2) is 24.3 Å². The van der Waals surface area contributed by atoms with Crippen LogP contribution >= 0.6 is 0 Å². The van der Waals surface area contributed by atoms with Crippen molar-refractivity contribution in [2.45, 2.75) is 32.5 Å². The minimum Gasteiger partial charge on any atom is -0.479 e. The molecule has 0 aromatic heterocycles. The summed E-state index contributed by atoms with van der Waals surface area (Å²) in [6.07, 6.45) is -0.996. The van der Waals surface area contributed by atoms with Gasteiger partial charge in [0.05, 0.1) is 6.10 Å². The number of carboxylic acid groups (broad SMARTS) is 1. The monoisotopic (exact) mass is 224 g/mol. The fraction of sp³-hybridized carbons (Fsp3) is 0.417. The summed E-state index contributed by atoms with van der Waals surface area (Å²) in [6.45, 7) is 3.31. The molecule has 0 heterocycles. The van der Waals surface area contributed by atoms with Crippen molar-refractivity contribution in [2.24, 2.45) is 0 Å². The van der Waals surface area contributed by atoms with Crippen molar-refractivity contribution in [1.82, 2.24) is 0 Å². The Kier molecular flexibility index (Phi) is 4.31. The van der Waals surface area contributed by atoms with Crippen LogP contribution in [0.5, 0.6) is 5.75 Å². The number of carbonyl (C=O) groups is 1. The Balaban J connectivity index is 2.90. The van der Waals surface area contributed by atoms with Crippen LogP contribution in [-0.4, -0.2) is 22.3 Å². The van der Waals surface area contributed by atoms with Crippen molar-refractivity contribution in [2.75, 3.05) is 0 Å². The number of benzene rings is 1. The number of ether oxygens (including phenoxy) is 1. The van der Waals surface area contributed by atoms with Crippen LogP contribution in [-0.2, 0) is 4.79 Å². The Hall–Kier alpha value is -1.55. The largest absolute Gasteiger partial charge is 0.479 e. The highest BCUT2D eigenvalue weighted by atomic mass is 16.5. The molecule has 0 saturated heterocycles. The lowest BCUT2D eigenvalue weighted by molar-refractivity contribution is -0.144. The molecule has 88 valence electrons. The second-order valence-electron chi connectivity index (χ2n) is 3.56. The van der Waals surface area contributed by atoms with E-state index < -0.39 is 18.2 Å². The number of aliphatic hydroxyl groups excluding tert-OH is 1. The zero-order valence-corrected chi connectivity index (χ0v) is 9.38. The average molecular weight is 224 g/mol. The van der Waals surface area contributed by atoms with E-state index in [9.17, 15) is 9.90 Å². The van der Waals surface area contributed by atoms with Crippen molar-refractivity contribution in [3.05, 3.63) is 29.8 Å². The third-order valence-corrected chi connectivity index (χ3v) is 2.32. The first-order valence-electron chi connectivity index (χ1n) is 5.22. The highest BCUT2D eigenvalue weighted by molar-refractivity contribution is 5.72. The lowest BCUT2D eigenvalue weighted by atomic mass is 10.1. The number of rotatable bonds is 5. The summed E-state index contributed by atoms with van der Waals surface area (Å²) in [6, 6.07) is 6.92. The number of aliphatic hydroxyl groups is 1.